The molecule has 0 spiro atoms. The Labute approximate surface area is 92.8 Å². The molecule has 1 aromatic carbocycles. The summed E-state index contributed by atoms with van der Waals surface area (Å²) in [4.78, 5) is 5.27. The van der Waals surface area contributed by atoms with Crippen molar-refractivity contribution >= 4 is 11.3 Å². The molecule has 1 heterocycles. The van der Waals surface area contributed by atoms with Gasteiger partial charge in [0.15, 0.2) is 5.69 Å². The summed E-state index contributed by atoms with van der Waals surface area (Å²) >= 11 is 1.56. The molecule has 2 rings (SSSR count). The van der Waals surface area contributed by atoms with Crippen LogP contribution in [0.15, 0.2) is 24.3 Å². The Morgan fingerprint density at radius 1 is 1.20 bits per heavy atom. The van der Waals surface area contributed by atoms with E-state index in [1.807, 2.05) is 19.1 Å². The van der Waals surface area contributed by atoms with Crippen LogP contribution in [0.25, 0.3) is 10.6 Å². The molecule has 0 unspecified atom stereocenters. The second kappa shape index (κ2) is 3.84. The van der Waals surface area contributed by atoms with E-state index in [-0.39, 0.29) is 0 Å². The molecule has 0 aliphatic heterocycles. The fourth-order valence-corrected chi connectivity index (χ4v) is 2.19. The van der Waals surface area contributed by atoms with E-state index in [2.05, 4.69) is 30.1 Å². The predicted octanol–water partition coefficient (Wildman–Crippen LogP) is 3.30. The molecular formula is C12H10N2S. The van der Waals surface area contributed by atoms with Crippen LogP contribution in [0, 0.1) is 25.2 Å². The van der Waals surface area contributed by atoms with Crippen molar-refractivity contribution in [3.05, 3.63) is 40.4 Å². The first-order valence-corrected chi connectivity index (χ1v) is 5.47. The highest BCUT2D eigenvalue weighted by atomic mass is 32.1. The summed E-state index contributed by atoms with van der Waals surface area (Å²) in [6.45, 7) is 3.98. The SMILES string of the molecule is Cc1ccc(-c2nc(C#N)c(C)s2)cc1. The van der Waals surface area contributed by atoms with E-state index >= 15 is 0 Å². The Hall–Kier alpha value is -1.66. The largest absolute Gasteiger partial charge is 0.225 e. The summed E-state index contributed by atoms with van der Waals surface area (Å²) in [5.41, 5.74) is 2.85. The van der Waals surface area contributed by atoms with Crippen molar-refractivity contribution < 1.29 is 0 Å². The van der Waals surface area contributed by atoms with E-state index in [9.17, 15) is 0 Å². The van der Waals surface area contributed by atoms with Gasteiger partial charge in [0, 0.05) is 10.4 Å². The number of nitriles is 1. The molecule has 0 atom stereocenters. The third kappa shape index (κ3) is 1.90. The molecule has 0 saturated heterocycles. The summed E-state index contributed by atoms with van der Waals surface area (Å²) in [5.74, 6) is 0. The maximum absolute atomic E-state index is 8.82. The smallest absolute Gasteiger partial charge is 0.155 e. The number of aryl methyl sites for hydroxylation is 2. The van der Waals surface area contributed by atoms with E-state index in [4.69, 9.17) is 5.26 Å². The molecule has 1 aromatic heterocycles. The first-order chi connectivity index (χ1) is 7.20. The van der Waals surface area contributed by atoms with Crippen LogP contribution in [0.2, 0.25) is 0 Å². The molecule has 3 heteroatoms. The van der Waals surface area contributed by atoms with Gasteiger partial charge >= 0.3 is 0 Å². The van der Waals surface area contributed by atoms with Crippen LogP contribution < -0.4 is 0 Å². The second-order valence-electron chi connectivity index (χ2n) is 3.40. The van der Waals surface area contributed by atoms with Gasteiger partial charge in [0.05, 0.1) is 0 Å². The van der Waals surface area contributed by atoms with Crippen molar-refractivity contribution in [3.8, 4) is 16.6 Å². The molecule has 15 heavy (non-hydrogen) atoms. The second-order valence-corrected chi connectivity index (χ2v) is 4.60. The zero-order valence-corrected chi connectivity index (χ0v) is 9.43. The van der Waals surface area contributed by atoms with Crippen molar-refractivity contribution in [3.63, 3.8) is 0 Å². The minimum Gasteiger partial charge on any atom is -0.225 e. The normalized spacial score (nSPS) is 9.93. The lowest BCUT2D eigenvalue weighted by Crippen LogP contribution is -1.79. The number of hydrogen-bond acceptors (Lipinski definition) is 3. The fraction of sp³-hybridized carbons (Fsp3) is 0.167. The van der Waals surface area contributed by atoms with Crippen LogP contribution in [0.5, 0.6) is 0 Å². The Balaban J connectivity index is 2.46. The van der Waals surface area contributed by atoms with Gasteiger partial charge in [-0.3, -0.25) is 0 Å². The van der Waals surface area contributed by atoms with Gasteiger partial charge in [-0.1, -0.05) is 29.8 Å². The number of nitrogens with zero attached hydrogens (tertiary/aromatic N) is 2. The van der Waals surface area contributed by atoms with Crippen molar-refractivity contribution in [2.24, 2.45) is 0 Å². The molecule has 2 aromatic rings. The van der Waals surface area contributed by atoms with Crippen molar-refractivity contribution in [1.82, 2.24) is 4.98 Å². The number of thiazole rings is 1. The van der Waals surface area contributed by atoms with Gasteiger partial charge in [0.25, 0.3) is 0 Å². The highest BCUT2D eigenvalue weighted by Gasteiger charge is 2.07. The van der Waals surface area contributed by atoms with Gasteiger partial charge in [-0.15, -0.1) is 11.3 Å². The lowest BCUT2D eigenvalue weighted by atomic mass is 10.2. The maximum atomic E-state index is 8.82. The molecule has 0 bridgehead atoms. The third-order valence-corrected chi connectivity index (χ3v) is 3.22. The summed E-state index contributed by atoms with van der Waals surface area (Å²) in [6, 6.07) is 10.3. The van der Waals surface area contributed by atoms with Gasteiger partial charge in [-0.25, -0.2) is 4.98 Å². The van der Waals surface area contributed by atoms with Crippen LogP contribution in [0.1, 0.15) is 16.1 Å². The molecule has 0 radical (unpaired) electrons. The molecule has 0 saturated carbocycles. The highest BCUT2D eigenvalue weighted by Crippen LogP contribution is 2.27. The van der Waals surface area contributed by atoms with Crippen molar-refractivity contribution in [2.45, 2.75) is 13.8 Å². The average Bonchev–Trinajstić information content (AvgIpc) is 2.61. The maximum Gasteiger partial charge on any atom is 0.155 e. The first kappa shape index (κ1) is 9.88. The zero-order chi connectivity index (χ0) is 10.8. The third-order valence-electron chi connectivity index (χ3n) is 2.20. The monoisotopic (exact) mass is 214 g/mol. The Kier molecular flexibility index (Phi) is 2.53. The molecule has 0 N–H and O–H groups in total. The lowest BCUT2D eigenvalue weighted by molar-refractivity contribution is 1.30. The molecule has 0 amide bonds. The van der Waals surface area contributed by atoms with Crippen molar-refractivity contribution in [1.29, 1.82) is 5.26 Å². The zero-order valence-electron chi connectivity index (χ0n) is 8.61. The molecule has 0 fully saturated rings. The molecule has 0 aliphatic rings. The number of aromatic nitrogens is 1. The van der Waals surface area contributed by atoms with Gasteiger partial charge in [-0.05, 0) is 13.8 Å². The van der Waals surface area contributed by atoms with Gasteiger partial charge in [0.1, 0.15) is 11.1 Å². The van der Waals surface area contributed by atoms with E-state index in [0.717, 1.165) is 15.4 Å². The minimum absolute atomic E-state index is 0.538. The first-order valence-electron chi connectivity index (χ1n) is 4.65. The lowest BCUT2D eigenvalue weighted by Gasteiger charge is -1.95. The van der Waals surface area contributed by atoms with E-state index in [1.165, 1.54) is 5.56 Å². The summed E-state index contributed by atoms with van der Waals surface area (Å²) in [6.07, 6.45) is 0. The molecular weight excluding hydrogens is 204 g/mol. The van der Waals surface area contributed by atoms with Crippen LogP contribution in [0.3, 0.4) is 0 Å². The summed E-state index contributed by atoms with van der Waals surface area (Å²) < 4.78 is 0. The summed E-state index contributed by atoms with van der Waals surface area (Å²) in [7, 11) is 0. The topological polar surface area (TPSA) is 36.7 Å². The van der Waals surface area contributed by atoms with Crippen LogP contribution >= 0.6 is 11.3 Å². The van der Waals surface area contributed by atoms with Gasteiger partial charge in [-0.2, -0.15) is 5.26 Å². The minimum atomic E-state index is 0.538. The standard InChI is InChI=1S/C12H10N2S/c1-8-3-5-10(6-4-8)12-14-11(7-13)9(2)15-12/h3-6H,1-2H3. The van der Waals surface area contributed by atoms with Crippen LogP contribution in [0.4, 0.5) is 0 Å². The number of rotatable bonds is 1. The Morgan fingerprint density at radius 2 is 1.87 bits per heavy atom. The average molecular weight is 214 g/mol. The van der Waals surface area contributed by atoms with E-state index in [1.54, 1.807) is 11.3 Å². The van der Waals surface area contributed by atoms with Crippen LogP contribution in [-0.2, 0) is 0 Å². The molecule has 0 aliphatic carbocycles. The Bertz CT molecular complexity index is 518. The number of benzene rings is 1. The number of hydrogen-bond donors (Lipinski definition) is 0. The van der Waals surface area contributed by atoms with Crippen molar-refractivity contribution in [2.75, 3.05) is 0 Å². The quantitative estimate of drug-likeness (QED) is 0.730. The molecule has 2 nitrogen and oxygen atoms in total. The van der Waals surface area contributed by atoms with Crippen LogP contribution in [-0.4, -0.2) is 4.98 Å². The highest BCUT2D eigenvalue weighted by molar-refractivity contribution is 7.15. The predicted molar refractivity (Wildman–Crippen MR) is 61.7 cm³/mol. The van der Waals surface area contributed by atoms with E-state index in [0.29, 0.717) is 5.69 Å². The van der Waals surface area contributed by atoms with E-state index < -0.39 is 0 Å². The molecule has 74 valence electrons. The summed E-state index contributed by atoms with van der Waals surface area (Å²) in [5, 5.41) is 9.74. The Morgan fingerprint density at radius 3 is 2.40 bits per heavy atom. The fourth-order valence-electron chi connectivity index (χ4n) is 1.32. The van der Waals surface area contributed by atoms with Gasteiger partial charge < -0.3 is 0 Å². The van der Waals surface area contributed by atoms with Gasteiger partial charge in [0.2, 0.25) is 0 Å².